The van der Waals surface area contributed by atoms with E-state index in [1.54, 1.807) is 32.5 Å². The van der Waals surface area contributed by atoms with Gasteiger partial charge in [0, 0.05) is 69.8 Å². The minimum Gasteiger partial charge on any atom is -0.456 e. The molecule has 3 fully saturated rings. The summed E-state index contributed by atoms with van der Waals surface area (Å²) in [4.78, 5) is 58.4. The van der Waals surface area contributed by atoms with E-state index in [9.17, 15) is 39.6 Å². The molecule has 14 nitrogen and oxygen atoms in total. The van der Waals surface area contributed by atoms with Gasteiger partial charge in [0.15, 0.2) is 0 Å². The van der Waals surface area contributed by atoms with E-state index in [0.29, 0.717) is 63.5 Å². The Bertz CT molecular complexity index is 1530. The van der Waals surface area contributed by atoms with E-state index >= 15 is 0 Å². The molecule has 0 aromatic heterocycles. The van der Waals surface area contributed by atoms with Crippen LogP contribution in [0, 0.1) is 35.5 Å². The molecule has 1 aliphatic carbocycles. The average molecular weight is 881 g/mol. The molecule has 348 valence electrons. The average Bonchev–Trinajstić information content (AvgIpc) is 3.24. The third-order valence-corrected chi connectivity index (χ3v) is 14.7. The Morgan fingerprint density at radius 2 is 1.69 bits per heavy atom. The van der Waals surface area contributed by atoms with E-state index in [2.05, 4.69) is 6.92 Å². The van der Waals surface area contributed by atoms with Crippen LogP contribution in [0.3, 0.4) is 0 Å². The maximum atomic E-state index is 14.4. The van der Waals surface area contributed by atoms with Gasteiger partial charge in [0.2, 0.25) is 5.79 Å². The van der Waals surface area contributed by atoms with Crippen LogP contribution in [0.2, 0.25) is 0 Å². The number of nitrogens with two attached hydrogens (primary N) is 1. The molecule has 1 amide bonds. The molecule has 4 aliphatic rings. The minimum atomic E-state index is -2.52. The topological polar surface area (TPSA) is 215 Å². The summed E-state index contributed by atoms with van der Waals surface area (Å²) in [5, 5.41) is 44.3. The van der Waals surface area contributed by atoms with Crippen molar-refractivity contribution in [2.75, 3.05) is 45.4 Å². The van der Waals surface area contributed by atoms with Gasteiger partial charge in [0.25, 0.3) is 11.7 Å². The molecule has 0 unspecified atom stereocenters. The number of ether oxygens (including phenoxy) is 4. The van der Waals surface area contributed by atoms with Gasteiger partial charge < -0.3 is 50.0 Å². The molecule has 61 heavy (non-hydrogen) atoms. The number of hydrogen-bond donors (Lipinski definition) is 5. The summed E-state index contributed by atoms with van der Waals surface area (Å²) in [6, 6.07) is -1.16. The van der Waals surface area contributed by atoms with Crippen molar-refractivity contribution in [2.45, 2.75) is 160 Å². The number of rotatable bonds is 11. The van der Waals surface area contributed by atoms with Crippen LogP contribution in [-0.2, 0) is 38.1 Å². The molecule has 2 bridgehead atoms. The van der Waals surface area contributed by atoms with Gasteiger partial charge in [-0.05, 0) is 108 Å². The number of carbonyl (C=O) groups is 4. The number of hydrogen-bond acceptors (Lipinski definition) is 14. The van der Waals surface area contributed by atoms with Crippen molar-refractivity contribution in [3.8, 4) is 0 Å². The van der Waals surface area contributed by atoms with Gasteiger partial charge in [0.1, 0.15) is 24.0 Å². The van der Waals surface area contributed by atoms with E-state index in [-0.39, 0.29) is 56.0 Å². The molecule has 0 radical (unpaired) electrons. The van der Waals surface area contributed by atoms with Crippen LogP contribution >= 0.6 is 11.8 Å². The lowest BCUT2D eigenvalue weighted by Gasteiger charge is -2.47. The number of cyclic esters (lactones) is 1. The van der Waals surface area contributed by atoms with E-state index in [0.717, 1.165) is 23.5 Å². The summed E-state index contributed by atoms with van der Waals surface area (Å²) < 4.78 is 24.4. The highest BCUT2D eigenvalue weighted by molar-refractivity contribution is 7.99. The quantitative estimate of drug-likeness (QED) is 0.0855. The zero-order chi connectivity index (χ0) is 45.0. The van der Waals surface area contributed by atoms with Crippen LogP contribution in [0.15, 0.2) is 23.3 Å². The molecule has 0 aromatic carbocycles. The highest BCUT2D eigenvalue weighted by atomic mass is 32.2. The van der Waals surface area contributed by atoms with Crippen LogP contribution < -0.4 is 5.73 Å². The van der Waals surface area contributed by atoms with E-state index < -0.39 is 83.9 Å². The van der Waals surface area contributed by atoms with Gasteiger partial charge in [-0.1, -0.05) is 38.5 Å². The summed E-state index contributed by atoms with van der Waals surface area (Å²) in [5.41, 5.74) is 7.34. The second-order valence-electron chi connectivity index (χ2n) is 18.5. The molecule has 14 atom stereocenters. The molecule has 0 spiro atoms. The van der Waals surface area contributed by atoms with Crippen molar-refractivity contribution in [1.29, 1.82) is 0 Å². The van der Waals surface area contributed by atoms with Crippen molar-refractivity contribution in [3.63, 3.8) is 0 Å². The van der Waals surface area contributed by atoms with Gasteiger partial charge in [-0.25, -0.2) is 4.79 Å². The molecule has 3 heterocycles. The van der Waals surface area contributed by atoms with E-state index in [1.165, 1.54) is 19.1 Å². The molecule has 2 saturated heterocycles. The zero-order valence-electron chi connectivity index (χ0n) is 37.7. The van der Waals surface area contributed by atoms with Crippen molar-refractivity contribution >= 4 is 35.2 Å². The maximum absolute atomic E-state index is 14.4. The molecule has 6 N–H and O–H groups in total. The zero-order valence-corrected chi connectivity index (χ0v) is 38.5. The lowest BCUT2D eigenvalue weighted by Crippen LogP contribution is -2.64. The SMILES string of the molecule is CO[C@H]1C[C@@H](C)C/C(C)=C/[C@@H](CCCSCCN)C(=O)C[C@H](O)[C@@H](C)[C@@H](/C(C)=C/[C@@H]2CC[C@@H](O)[C@H](CO)C2)OC(=O)[C@@H]2CCCCN2C(=O)C(=O)[C@]2(O)O[C@H]1[C@@H](OC)C[C@H]2C. The van der Waals surface area contributed by atoms with Crippen LogP contribution in [0.1, 0.15) is 112 Å². The molecular formula is C46H76N2O12S. The van der Waals surface area contributed by atoms with Crippen LogP contribution in [0.5, 0.6) is 0 Å². The lowest BCUT2D eigenvalue weighted by molar-refractivity contribution is -0.302. The second-order valence-corrected chi connectivity index (χ2v) is 19.7. The highest BCUT2D eigenvalue weighted by Gasteiger charge is 2.56. The van der Waals surface area contributed by atoms with Crippen molar-refractivity contribution in [3.05, 3.63) is 23.3 Å². The van der Waals surface area contributed by atoms with Gasteiger partial charge in [-0.3, -0.25) is 14.4 Å². The first kappa shape index (κ1) is 51.4. The third-order valence-electron chi connectivity index (χ3n) is 13.6. The van der Waals surface area contributed by atoms with Crippen molar-refractivity contribution in [1.82, 2.24) is 4.90 Å². The highest BCUT2D eigenvalue weighted by Crippen LogP contribution is 2.39. The Labute approximate surface area is 367 Å². The van der Waals surface area contributed by atoms with Crippen LogP contribution in [0.25, 0.3) is 0 Å². The first-order valence-electron chi connectivity index (χ1n) is 22.6. The monoisotopic (exact) mass is 881 g/mol. The Morgan fingerprint density at radius 1 is 0.984 bits per heavy atom. The number of piperidine rings is 1. The molecular weight excluding hydrogens is 805 g/mol. The largest absolute Gasteiger partial charge is 0.456 e. The minimum absolute atomic E-state index is 0.00976. The molecule has 1 saturated carbocycles. The molecule has 3 aliphatic heterocycles. The molecule has 15 heteroatoms. The fourth-order valence-electron chi connectivity index (χ4n) is 9.96. The Morgan fingerprint density at radius 3 is 2.36 bits per heavy atom. The number of esters is 1. The number of allylic oxidation sites excluding steroid dienone is 3. The van der Waals surface area contributed by atoms with Gasteiger partial charge in [-0.15, -0.1) is 0 Å². The number of fused-ring (bicyclic) bond motifs is 3. The standard InChI is InChI=1S/C46H76N2O12S/c1-27-19-28(2)21-39(57-6)42-40(58-7)23-30(4)46(56,60-42)43(53)44(54)48-16-9-8-12-35(48)45(55)59-41(29(3)22-32-13-14-36(50)34(24-32)26-49)31(5)37(51)25-38(52)33(20-27)11-10-17-61-18-15-47/h20,22,28,30-37,39-42,49-51,56H,8-19,21,23-26,47H2,1-7H3/b27-20+,29-22+/t28-,30+,31+,32-,33+,34-,35-,36+,37-,39-,40-,41+,42+,46+/m0/s1. The number of amides is 1. The number of ketones is 2. The Kier molecular flexibility index (Phi) is 20.4. The Balaban J connectivity index is 1.77. The fourth-order valence-corrected chi connectivity index (χ4v) is 10.7. The predicted molar refractivity (Wildman–Crippen MR) is 233 cm³/mol. The van der Waals surface area contributed by atoms with Gasteiger partial charge in [-0.2, -0.15) is 11.8 Å². The predicted octanol–water partition coefficient (Wildman–Crippen LogP) is 4.13. The summed E-state index contributed by atoms with van der Waals surface area (Å²) in [6.45, 7) is 9.71. The van der Waals surface area contributed by atoms with Crippen molar-refractivity contribution in [2.24, 2.45) is 41.2 Å². The normalized spacial score (nSPS) is 39.1. The summed E-state index contributed by atoms with van der Waals surface area (Å²) in [7, 11) is 3.06. The number of thioether (sulfide) groups is 1. The van der Waals surface area contributed by atoms with Gasteiger partial charge in [0.05, 0.1) is 24.4 Å². The lowest BCUT2D eigenvalue weighted by atomic mass is 9.78. The summed E-state index contributed by atoms with van der Waals surface area (Å²) in [5.74, 6) is -6.36. The fraction of sp³-hybridized carbons (Fsp3) is 0.826. The number of methoxy groups -OCH3 is 2. The number of aliphatic hydroxyl groups excluding tert-OH is 3. The summed E-state index contributed by atoms with van der Waals surface area (Å²) >= 11 is 1.74. The van der Waals surface area contributed by atoms with Gasteiger partial charge >= 0.3 is 5.97 Å². The number of carbonyl (C=O) groups excluding carboxylic acids is 4. The van der Waals surface area contributed by atoms with E-state index in [4.69, 9.17) is 24.7 Å². The first-order chi connectivity index (χ1) is 29.0. The molecule has 4 rings (SSSR count). The summed E-state index contributed by atoms with van der Waals surface area (Å²) in [6.07, 6.45) is 4.50. The molecule has 0 aromatic rings. The maximum Gasteiger partial charge on any atom is 0.329 e. The smallest absolute Gasteiger partial charge is 0.329 e. The number of Topliss-reactive ketones (excluding diaryl/α,β-unsaturated/α-hetero) is 2. The first-order valence-corrected chi connectivity index (χ1v) is 23.8. The van der Waals surface area contributed by atoms with E-state index in [1.807, 2.05) is 19.1 Å². The third kappa shape index (κ3) is 13.4. The second kappa shape index (κ2) is 24.2. The van der Waals surface area contributed by atoms with Crippen molar-refractivity contribution < 1.29 is 58.6 Å². The van der Waals surface area contributed by atoms with Crippen LogP contribution in [-0.4, -0.2) is 143 Å². The number of nitrogens with zero attached hydrogens (tertiary/aromatic N) is 1. The Hall–Kier alpha value is -2.21. The number of aliphatic hydroxyl groups is 4. The van der Waals surface area contributed by atoms with Crippen LogP contribution in [0.4, 0.5) is 0 Å².